The van der Waals surface area contributed by atoms with Gasteiger partial charge in [0.05, 0.1) is 6.42 Å². The zero-order valence-corrected chi connectivity index (χ0v) is 11.4. The fourth-order valence-corrected chi connectivity index (χ4v) is 1.81. The second kappa shape index (κ2) is 6.18. The molecule has 0 aliphatic rings. The third-order valence-corrected chi connectivity index (χ3v) is 2.79. The quantitative estimate of drug-likeness (QED) is 0.836. The fraction of sp³-hybridized carbons (Fsp3) is 0.357. The number of hydrogen-bond donors (Lipinski definition) is 1. The first-order chi connectivity index (χ1) is 9.61. The standard InChI is InChI=1S/C14H16N2O4/c1-3-15-14(18)9(2)19-13(17)8-11-10-6-4-5-7-12(10)20-16-11/h4-7,9H,3,8H2,1-2H3,(H,15,18). The molecule has 1 amide bonds. The van der Waals surface area contributed by atoms with E-state index in [0.29, 0.717) is 17.8 Å². The number of ether oxygens (including phenoxy) is 1. The first kappa shape index (κ1) is 14.0. The predicted octanol–water partition coefficient (Wildman–Crippen LogP) is 1.44. The molecule has 1 unspecified atom stereocenters. The molecular weight excluding hydrogens is 260 g/mol. The minimum Gasteiger partial charge on any atom is -0.452 e. The van der Waals surface area contributed by atoms with Gasteiger partial charge in [-0.1, -0.05) is 17.3 Å². The fourth-order valence-electron chi connectivity index (χ4n) is 1.81. The number of likely N-dealkylation sites (N-methyl/N-ethyl adjacent to an activating group) is 1. The second-order valence-corrected chi connectivity index (χ2v) is 4.33. The third kappa shape index (κ3) is 3.14. The number of benzene rings is 1. The molecule has 20 heavy (non-hydrogen) atoms. The van der Waals surface area contributed by atoms with Crippen molar-refractivity contribution in [2.45, 2.75) is 26.4 Å². The Bertz CT molecular complexity index is 620. The highest BCUT2D eigenvalue weighted by atomic mass is 16.5. The topological polar surface area (TPSA) is 81.4 Å². The van der Waals surface area contributed by atoms with Crippen LogP contribution in [0.15, 0.2) is 28.8 Å². The molecule has 0 fully saturated rings. The van der Waals surface area contributed by atoms with Crippen molar-refractivity contribution in [3.8, 4) is 0 Å². The molecule has 1 heterocycles. The molecular formula is C14H16N2O4. The molecule has 1 atom stereocenters. The van der Waals surface area contributed by atoms with Crippen molar-refractivity contribution in [1.29, 1.82) is 0 Å². The summed E-state index contributed by atoms with van der Waals surface area (Å²) in [5.41, 5.74) is 1.13. The maximum atomic E-state index is 11.8. The molecule has 106 valence electrons. The van der Waals surface area contributed by atoms with E-state index in [-0.39, 0.29) is 12.3 Å². The summed E-state index contributed by atoms with van der Waals surface area (Å²) in [6.45, 7) is 3.83. The number of carbonyl (C=O) groups excluding carboxylic acids is 2. The normalized spacial score (nSPS) is 12.1. The number of fused-ring (bicyclic) bond motifs is 1. The molecule has 0 saturated carbocycles. The zero-order valence-electron chi connectivity index (χ0n) is 11.4. The number of esters is 1. The van der Waals surface area contributed by atoms with E-state index < -0.39 is 12.1 Å². The van der Waals surface area contributed by atoms with E-state index in [1.165, 1.54) is 6.92 Å². The predicted molar refractivity (Wildman–Crippen MR) is 72.0 cm³/mol. The van der Waals surface area contributed by atoms with Gasteiger partial charge in [-0.15, -0.1) is 0 Å². The van der Waals surface area contributed by atoms with Gasteiger partial charge in [0.25, 0.3) is 5.91 Å². The Labute approximate surface area is 116 Å². The molecule has 6 heteroatoms. The number of rotatable bonds is 5. The highest BCUT2D eigenvalue weighted by Gasteiger charge is 2.19. The van der Waals surface area contributed by atoms with E-state index in [4.69, 9.17) is 9.26 Å². The van der Waals surface area contributed by atoms with Crippen LogP contribution in [0.25, 0.3) is 11.0 Å². The van der Waals surface area contributed by atoms with Crippen molar-refractivity contribution >= 4 is 22.8 Å². The average Bonchev–Trinajstić information content (AvgIpc) is 2.82. The van der Waals surface area contributed by atoms with Crippen molar-refractivity contribution in [3.05, 3.63) is 30.0 Å². The molecule has 0 saturated heterocycles. The van der Waals surface area contributed by atoms with E-state index in [1.807, 2.05) is 18.2 Å². The average molecular weight is 276 g/mol. The largest absolute Gasteiger partial charge is 0.452 e. The Morgan fingerprint density at radius 1 is 1.40 bits per heavy atom. The Kier molecular flexibility index (Phi) is 4.34. The van der Waals surface area contributed by atoms with Gasteiger partial charge in [-0.3, -0.25) is 9.59 Å². The highest BCUT2D eigenvalue weighted by Crippen LogP contribution is 2.18. The van der Waals surface area contributed by atoms with Crippen molar-refractivity contribution in [3.63, 3.8) is 0 Å². The Hall–Kier alpha value is -2.37. The van der Waals surface area contributed by atoms with Crippen LogP contribution in [0, 0.1) is 0 Å². The number of amides is 1. The Balaban J connectivity index is 1.99. The smallest absolute Gasteiger partial charge is 0.312 e. The van der Waals surface area contributed by atoms with Crippen molar-refractivity contribution < 1.29 is 18.8 Å². The van der Waals surface area contributed by atoms with Crippen LogP contribution in [0.1, 0.15) is 19.5 Å². The molecule has 0 aliphatic heterocycles. The monoisotopic (exact) mass is 276 g/mol. The lowest BCUT2D eigenvalue weighted by Gasteiger charge is -2.11. The summed E-state index contributed by atoms with van der Waals surface area (Å²) in [6, 6.07) is 7.26. The Morgan fingerprint density at radius 2 is 2.15 bits per heavy atom. The van der Waals surface area contributed by atoms with E-state index in [0.717, 1.165) is 5.39 Å². The SMILES string of the molecule is CCNC(=O)C(C)OC(=O)Cc1noc2ccccc12. The number of carbonyl (C=O) groups is 2. The molecule has 1 aromatic heterocycles. The summed E-state index contributed by atoms with van der Waals surface area (Å²) in [5, 5.41) is 7.21. The van der Waals surface area contributed by atoms with E-state index in [1.54, 1.807) is 13.0 Å². The molecule has 6 nitrogen and oxygen atoms in total. The summed E-state index contributed by atoms with van der Waals surface area (Å²) in [4.78, 5) is 23.3. The number of para-hydroxylation sites is 1. The zero-order chi connectivity index (χ0) is 14.5. The van der Waals surface area contributed by atoms with Crippen molar-refractivity contribution in [2.75, 3.05) is 6.54 Å². The highest BCUT2D eigenvalue weighted by molar-refractivity contribution is 5.86. The molecule has 0 spiro atoms. The second-order valence-electron chi connectivity index (χ2n) is 4.33. The molecule has 0 aliphatic carbocycles. The summed E-state index contributed by atoms with van der Waals surface area (Å²) < 4.78 is 10.2. The van der Waals surface area contributed by atoms with Gasteiger partial charge in [0.15, 0.2) is 11.7 Å². The van der Waals surface area contributed by atoms with Gasteiger partial charge in [-0.05, 0) is 26.0 Å². The van der Waals surface area contributed by atoms with Gasteiger partial charge in [-0.2, -0.15) is 0 Å². The van der Waals surface area contributed by atoms with E-state index >= 15 is 0 Å². The van der Waals surface area contributed by atoms with Crippen molar-refractivity contribution in [2.24, 2.45) is 0 Å². The minimum absolute atomic E-state index is 0.0270. The van der Waals surface area contributed by atoms with Gasteiger partial charge in [0.2, 0.25) is 0 Å². The maximum absolute atomic E-state index is 11.8. The Morgan fingerprint density at radius 3 is 2.90 bits per heavy atom. The maximum Gasteiger partial charge on any atom is 0.312 e. The molecule has 1 N–H and O–H groups in total. The number of nitrogens with one attached hydrogen (secondary N) is 1. The van der Waals surface area contributed by atoms with Gasteiger partial charge >= 0.3 is 5.97 Å². The number of aromatic nitrogens is 1. The number of hydrogen-bond acceptors (Lipinski definition) is 5. The summed E-state index contributed by atoms with van der Waals surface area (Å²) in [7, 11) is 0. The van der Waals surface area contributed by atoms with Gasteiger partial charge in [-0.25, -0.2) is 0 Å². The lowest BCUT2D eigenvalue weighted by atomic mass is 10.2. The lowest BCUT2D eigenvalue weighted by molar-refractivity contribution is -0.154. The minimum atomic E-state index is -0.819. The van der Waals surface area contributed by atoms with Crippen LogP contribution in [0.2, 0.25) is 0 Å². The third-order valence-electron chi connectivity index (χ3n) is 2.79. The van der Waals surface area contributed by atoms with Crippen LogP contribution in [-0.2, 0) is 20.7 Å². The molecule has 2 rings (SSSR count). The van der Waals surface area contributed by atoms with Crippen LogP contribution in [0.4, 0.5) is 0 Å². The summed E-state index contributed by atoms with van der Waals surface area (Å²) in [5.74, 6) is -0.825. The first-order valence-corrected chi connectivity index (χ1v) is 6.42. The molecule has 0 bridgehead atoms. The number of nitrogens with zero attached hydrogens (tertiary/aromatic N) is 1. The van der Waals surface area contributed by atoms with E-state index in [2.05, 4.69) is 10.5 Å². The van der Waals surface area contributed by atoms with Crippen LogP contribution < -0.4 is 5.32 Å². The van der Waals surface area contributed by atoms with Gasteiger partial charge < -0.3 is 14.6 Å². The van der Waals surface area contributed by atoms with E-state index in [9.17, 15) is 9.59 Å². The van der Waals surface area contributed by atoms with Gasteiger partial charge in [0.1, 0.15) is 5.69 Å². The molecule has 0 radical (unpaired) electrons. The molecule has 2 aromatic rings. The van der Waals surface area contributed by atoms with Crippen LogP contribution in [0.3, 0.4) is 0 Å². The first-order valence-electron chi connectivity index (χ1n) is 6.42. The van der Waals surface area contributed by atoms with Crippen LogP contribution >= 0.6 is 0 Å². The summed E-state index contributed by atoms with van der Waals surface area (Å²) in [6.07, 6.45) is -0.846. The van der Waals surface area contributed by atoms with Crippen LogP contribution in [-0.4, -0.2) is 29.7 Å². The summed E-state index contributed by atoms with van der Waals surface area (Å²) >= 11 is 0. The van der Waals surface area contributed by atoms with Gasteiger partial charge in [0, 0.05) is 11.9 Å². The van der Waals surface area contributed by atoms with Crippen molar-refractivity contribution in [1.82, 2.24) is 10.5 Å². The lowest BCUT2D eigenvalue weighted by Crippen LogP contribution is -2.35. The molecule has 1 aromatic carbocycles. The van der Waals surface area contributed by atoms with Crippen LogP contribution in [0.5, 0.6) is 0 Å².